The third kappa shape index (κ3) is 6.61. The summed E-state index contributed by atoms with van der Waals surface area (Å²) in [7, 11) is -3.37. The Labute approximate surface area is 168 Å². The molecule has 9 heteroatoms. The molecule has 0 aliphatic carbocycles. The van der Waals surface area contributed by atoms with E-state index in [4.69, 9.17) is 11.6 Å². The van der Waals surface area contributed by atoms with Gasteiger partial charge in [0.2, 0.25) is 5.91 Å². The molecule has 0 heterocycles. The molecular formula is C19H20ClFN2O4S. The van der Waals surface area contributed by atoms with Crippen molar-refractivity contribution in [2.75, 3.05) is 18.8 Å². The van der Waals surface area contributed by atoms with Gasteiger partial charge >= 0.3 is 0 Å². The number of hydrogen-bond acceptors (Lipinski definition) is 4. The Bertz CT molecular complexity index is 936. The number of benzene rings is 2. The first-order chi connectivity index (χ1) is 13.3. The molecule has 0 unspecified atom stereocenters. The molecule has 0 atom stereocenters. The Morgan fingerprint density at radius 2 is 1.71 bits per heavy atom. The quantitative estimate of drug-likeness (QED) is 0.603. The summed E-state index contributed by atoms with van der Waals surface area (Å²) in [6, 6.07) is 11.5. The third-order valence-electron chi connectivity index (χ3n) is 3.83. The zero-order valence-electron chi connectivity index (χ0n) is 15.0. The first-order valence-corrected chi connectivity index (χ1v) is 10.6. The predicted molar refractivity (Wildman–Crippen MR) is 104 cm³/mol. The summed E-state index contributed by atoms with van der Waals surface area (Å²) in [6.45, 7) is 0.281. The van der Waals surface area contributed by atoms with Crippen molar-refractivity contribution >= 4 is 33.3 Å². The highest BCUT2D eigenvalue weighted by Crippen LogP contribution is 2.17. The van der Waals surface area contributed by atoms with E-state index in [1.54, 1.807) is 18.2 Å². The minimum atomic E-state index is -3.37. The second-order valence-corrected chi connectivity index (χ2v) is 8.48. The molecule has 150 valence electrons. The number of amides is 2. The average Bonchev–Trinajstić information content (AvgIpc) is 2.66. The molecule has 2 N–H and O–H groups in total. The van der Waals surface area contributed by atoms with Crippen molar-refractivity contribution in [3.05, 3.63) is 64.9 Å². The molecule has 0 aliphatic heterocycles. The summed E-state index contributed by atoms with van der Waals surface area (Å²) in [4.78, 5) is 24.0. The van der Waals surface area contributed by atoms with Gasteiger partial charge in [0.25, 0.3) is 5.91 Å². The summed E-state index contributed by atoms with van der Waals surface area (Å²) in [5.41, 5.74) is 0.120. The van der Waals surface area contributed by atoms with Crippen LogP contribution in [0.2, 0.25) is 5.02 Å². The van der Waals surface area contributed by atoms with Gasteiger partial charge in [-0.3, -0.25) is 9.59 Å². The van der Waals surface area contributed by atoms with Crippen molar-refractivity contribution < 1.29 is 22.4 Å². The van der Waals surface area contributed by atoms with Crippen molar-refractivity contribution in [1.29, 1.82) is 0 Å². The molecule has 6 nitrogen and oxygen atoms in total. The summed E-state index contributed by atoms with van der Waals surface area (Å²) in [5, 5.41) is 5.12. The maximum atomic E-state index is 13.0. The van der Waals surface area contributed by atoms with Gasteiger partial charge in [0, 0.05) is 19.5 Å². The molecule has 28 heavy (non-hydrogen) atoms. The van der Waals surface area contributed by atoms with Gasteiger partial charge < -0.3 is 10.6 Å². The van der Waals surface area contributed by atoms with E-state index in [-0.39, 0.29) is 53.1 Å². The fraction of sp³-hybridized carbons (Fsp3) is 0.263. The van der Waals surface area contributed by atoms with E-state index in [1.165, 1.54) is 18.2 Å². The van der Waals surface area contributed by atoms with E-state index >= 15 is 0 Å². The van der Waals surface area contributed by atoms with Crippen LogP contribution in [0.15, 0.2) is 53.4 Å². The molecule has 2 aromatic carbocycles. The number of carbonyl (C=O) groups is 2. The molecule has 0 spiro atoms. The first kappa shape index (κ1) is 21.8. The second-order valence-electron chi connectivity index (χ2n) is 5.97. The molecule has 0 bridgehead atoms. The summed E-state index contributed by atoms with van der Waals surface area (Å²) in [6.07, 6.45) is 0.302. The van der Waals surface area contributed by atoms with Crippen LogP contribution in [0, 0.1) is 5.82 Å². The van der Waals surface area contributed by atoms with Crippen molar-refractivity contribution in [3.8, 4) is 0 Å². The van der Waals surface area contributed by atoms with Crippen LogP contribution in [0.25, 0.3) is 0 Å². The predicted octanol–water partition coefficient (Wildman–Crippen LogP) is 2.58. The van der Waals surface area contributed by atoms with Crippen molar-refractivity contribution in [3.63, 3.8) is 0 Å². The summed E-state index contributed by atoms with van der Waals surface area (Å²) in [5.74, 6) is -1.44. The molecule has 2 rings (SSSR count). The van der Waals surface area contributed by atoms with Gasteiger partial charge in [-0.15, -0.1) is 0 Å². The molecule has 0 aliphatic rings. The number of rotatable bonds is 9. The summed E-state index contributed by atoms with van der Waals surface area (Å²) >= 11 is 5.80. The molecule has 2 aromatic rings. The van der Waals surface area contributed by atoms with Crippen molar-refractivity contribution in [2.24, 2.45) is 0 Å². The molecule has 0 aromatic heterocycles. The van der Waals surface area contributed by atoms with E-state index in [0.717, 1.165) is 12.1 Å². The van der Waals surface area contributed by atoms with E-state index in [2.05, 4.69) is 10.6 Å². The lowest BCUT2D eigenvalue weighted by molar-refractivity contribution is -0.120. The van der Waals surface area contributed by atoms with Gasteiger partial charge in [-0.2, -0.15) is 0 Å². The van der Waals surface area contributed by atoms with Gasteiger partial charge in [0.05, 0.1) is 21.2 Å². The molecule has 0 saturated carbocycles. The highest BCUT2D eigenvalue weighted by Gasteiger charge is 2.14. The van der Waals surface area contributed by atoms with E-state index in [1.807, 2.05) is 0 Å². The lowest BCUT2D eigenvalue weighted by Crippen LogP contribution is -2.31. The Morgan fingerprint density at radius 3 is 2.39 bits per heavy atom. The second kappa shape index (κ2) is 10.2. The average molecular weight is 427 g/mol. The lowest BCUT2D eigenvalue weighted by atomic mass is 10.2. The van der Waals surface area contributed by atoms with Gasteiger partial charge in [0.15, 0.2) is 9.84 Å². The number of halogens is 2. The van der Waals surface area contributed by atoms with E-state index in [0.29, 0.717) is 0 Å². The molecular weight excluding hydrogens is 407 g/mol. The van der Waals surface area contributed by atoms with Crippen LogP contribution in [0.3, 0.4) is 0 Å². The Kier molecular flexibility index (Phi) is 7.95. The topological polar surface area (TPSA) is 92.3 Å². The van der Waals surface area contributed by atoms with Crippen LogP contribution in [0.1, 0.15) is 23.2 Å². The van der Waals surface area contributed by atoms with Gasteiger partial charge in [0.1, 0.15) is 5.82 Å². The monoisotopic (exact) mass is 426 g/mol. The lowest BCUT2D eigenvalue weighted by Gasteiger charge is -2.08. The largest absolute Gasteiger partial charge is 0.356 e. The van der Waals surface area contributed by atoms with Crippen LogP contribution >= 0.6 is 11.6 Å². The number of sulfone groups is 1. The van der Waals surface area contributed by atoms with Crippen LogP contribution in [0.5, 0.6) is 0 Å². The molecule has 0 saturated heterocycles. The summed E-state index contributed by atoms with van der Waals surface area (Å²) < 4.78 is 37.2. The van der Waals surface area contributed by atoms with E-state index in [9.17, 15) is 22.4 Å². The number of carbonyl (C=O) groups excluding carboxylic acids is 2. The normalized spacial score (nSPS) is 11.1. The molecule has 0 radical (unpaired) electrons. The SMILES string of the molecule is O=C(CCNC(=O)c1ccc(F)cc1Cl)NCCCS(=O)(=O)c1ccccc1. The van der Waals surface area contributed by atoms with E-state index < -0.39 is 21.6 Å². The third-order valence-corrected chi connectivity index (χ3v) is 5.96. The Balaban J connectivity index is 1.67. The highest BCUT2D eigenvalue weighted by molar-refractivity contribution is 7.91. The van der Waals surface area contributed by atoms with Gasteiger partial charge in [-0.25, -0.2) is 12.8 Å². The zero-order valence-corrected chi connectivity index (χ0v) is 16.5. The van der Waals surface area contributed by atoms with Crippen LogP contribution in [-0.4, -0.2) is 39.1 Å². The molecule has 2 amide bonds. The fourth-order valence-electron chi connectivity index (χ4n) is 2.38. The maximum absolute atomic E-state index is 13.0. The minimum Gasteiger partial charge on any atom is -0.356 e. The van der Waals surface area contributed by atoms with Crippen molar-refractivity contribution in [1.82, 2.24) is 10.6 Å². The Morgan fingerprint density at radius 1 is 1.00 bits per heavy atom. The highest BCUT2D eigenvalue weighted by atomic mass is 35.5. The number of nitrogens with one attached hydrogen (secondary N) is 2. The molecule has 0 fully saturated rings. The number of hydrogen-bond donors (Lipinski definition) is 2. The fourth-order valence-corrected chi connectivity index (χ4v) is 3.97. The minimum absolute atomic E-state index is 0.0124. The zero-order chi connectivity index (χ0) is 20.6. The smallest absolute Gasteiger partial charge is 0.252 e. The van der Waals surface area contributed by atoms with Gasteiger partial charge in [-0.1, -0.05) is 29.8 Å². The van der Waals surface area contributed by atoms with Crippen LogP contribution < -0.4 is 10.6 Å². The maximum Gasteiger partial charge on any atom is 0.252 e. The standard InChI is InChI=1S/C19H20ClFN2O4S/c20-17-13-14(21)7-8-16(17)19(25)23-11-9-18(24)22-10-4-12-28(26,27)15-5-2-1-3-6-15/h1-3,5-8,13H,4,9-12H2,(H,22,24)(H,23,25). The van der Waals surface area contributed by atoms with Crippen LogP contribution in [-0.2, 0) is 14.6 Å². The van der Waals surface area contributed by atoms with Crippen LogP contribution in [0.4, 0.5) is 4.39 Å². The first-order valence-electron chi connectivity index (χ1n) is 8.57. The Hall–Kier alpha value is -2.45. The van der Waals surface area contributed by atoms with Crippen molar-refractivity contribution in [2.45, 2.75) is 17.7 Å². The van der Waals surface area contributed by atoms with Gasteiger partial charge in [-0.05, 0) is 36.8 Å².